The fourth-order valence-corrected chi connectivity index (χ4v) is 3.38. The number of aryl methyl sites for hydroxylation is 1. The average molecular weight is 396 g/mol. The molecule has 2 rings (SSSR count). The Morgan fingerprint density at radius 1 is 1.07 bits per heavy atom. The lowest BCUT2D eigenvalue weighted by atomic mass is 9.97. The molecule has 0 fully saturated rings. The van der Waals surface area contributed by atoms with Gasteiger partial charge in [-0.2, -0.15) is 0 Å². The number of carbonyl (C=O) groups is 2. The first-order valence-corrected chi connectivity index (χ1v) is 10.1. The second-order valence-corrected chi connectivity index (χ2v) is 7.86. The molecule has 0 heterocycles. The van der Waals surface area contributed by atoms with E-state index in [1.165, 1.54) is 11.1 Å². The van der Waals surface area contributed by atoms with Crippen LogP contribution in [0.2, 0.25) is 0 Å². The third-order valence-electron chi connectivity index (χ3n) is 5.41. The molecule has 0 aliphatic carbocycles. The topological polar surface area (TPSA) is 61.4 Å². The van der Waals surface area contributed by atoms with E-state index in [1.54, 1.807) is 7.05 Å². The van der Waals surface area contributed by atoms with Gasteiger partial charge >= 0.3 is 0 Å². The van der Waals surface area contributed by atoms with Gasteiger partial charge in [0, 0.05) is 31.6 Å². The van der Waals surface area contributed by atoms with Crippen LogP contribution >= 0.6 is 0 Å². The van der Waals surface area contributed by atoms with Crippen LogP contribution in [-0.4, -0.2) is 50.4 Å². The highest BCUT2D eigenvalue weighted by atomic mass is 16.2. The fourth-order valence-electron chi connectivity index (χ4n) is 3.38. The summed E-state index contributed by atoms with van der Waals surface area (Å²) in [6.45, 7) is 4.69. The van der Waals surface area contributed by atoms with Gasteiger partial charge in [-0.1, -0.05) is 43.3 Å². The van der Waals surface area contributed by atoms with Gasteiger partial charge in [-0.3, -0.25) is 9.59 Å². The predicted octanol–water partition coefficient (Wildman–Crippen LogP) is 3.14. The van der Waals surface area contributed by atoms with Gasteiger partial charge in [-0.25, -0.2) is 0 Å². The van der Waals surface area contributed by atoms with Gasteiger partial charge in [-0.05, 0) is 62.2 Å². The third-order valence-corrected chi connectivity index (χ3v) is 5.41. The summed E-state index contributed by atoms with van der Waals surface area (Å²) in [5.41, 5.74) is 4.11. The zero-order valence-electron chi connectivity index (χ0n) is 18.2. The average Bonchev–Trinajstić information content (AvgIpc) is 2.71. The van der Waals surface area contributed by atoms with Gasteiger partial charge < -0.3 is 15.5 Å². The summed E-state index contributed by atoms with van der Waals surface area (Å²) in [6, 6.07) is 16.1. The van der Waals surface area contributed by atoms with Crippen molar-refractivity contribution in [1.82, 2.24) is 15.5 Å². The largest absolute Gasteiger partial charge is 0.355 e. The lowest BCUT2D eigenvalue weighted by Crippen LogP contribution is -2.42. The lowest BCUT2D eigenvalue weighted by molar-refractivity contribution is -0.121. The molecule has 0 aliphatic rings. The van der Waals surface area contributed by atoms with Gasteiger partial charge in [0.05, 0.1) is 0 Å². The van der Waals surface area contributed by atoms with Crippen molar-refractivity contribution in [2.24, 2.45) is 0 Å². The molecule has 0 saturated heterocycles. The highest BCUT2D eigenvalue weighted by Gasteiger charge is 2.17. The van der Waals surface area contributed by atoms with E-state index >= 15 is 0 Å². The van der Waals surface area contributed by atoms with Gasteiger partial charge in [0.2, 0.25) is 5.91 Å². The molecule has 0 bridgehead atoms. The Kier molecular flexibility index (Phi) is 8.40. The fraction of sp³-hybridized carbons (Fsp3) is 0.417. The van der Waals surface area contributed by atoms with Crippen molar-refractivity contribution in [2.45, 2.75) is 38.6 Å². The van der Waals surface area contributed by atoms with Crippen LogP contribution in [-0.2, 0) is 11.2 Å². The molecule has 0 aromatic heterocycles. The van der Waals surface area contributed by atoms with Crippen molar-refractivity contribution in [3.8, 4) is 0 Å². The summed E-state index contributed by atoms with van der Waals surface area (Å²) in [7, 11) is 5.68. The first-order valence-electron chi connectivity index (χ1n) is 10.1. The van der Waals surface area contributed by atoms with Gasteiger partial charge in [0.1, 0.15) is 0 Å². The number of hydrogen-bond donors (Lipinski definition) is 2. The molecule has 0 unspecified atom stereocenters. The summed E-state index contributed by atoms with van der Waals surface area (Å²) >= 11 is 0. The molecule has 5 nitrogen and oxygen atoms in total. The second-order valence-electron chi connectivity index (χ2n) is 7.86. The monoisotopic (exact) mass is 395 g/mol. The van der Waals surface area contributed by atoms with Gasteiger partial charge in [-0.15, -0.1) is 0 Å². The maximum atomic E-state index is 12.5. The quantitative estimate of drug-likeness (QED) is 0.686. The minimum absolute atomic E-state index is 0.0693. The van der Waals surface area contributed by atoms with Crippen LogP contribution in [0.1, 0.15) is 46.3 Å². The van der Waals surface area contributed by atoms with Crippen molar-refractivity contribution < 1.29 is 9.59 Å². The summed E-state index contributed by atoms with van der Waals surface area (Å²) in [5, 5.41) is 5.75. The second kappa shape index (κ2) is 10.8. The Bertz CT molecular complexity index is 818. The molecule has 156 valence electrons. The van der Waals surface area contributed by atoms with Crippen LogP contribution < -0.4 is 10.6 Å². The van der Waals surface area contributed by atoms with Gasteiger partial charge in [0.15, 0.2) is 0 Å². The first kappa shape index (κ1) is 22.6. The van der Waals surface area contributed by atoms with Crippen molar-refractivity contribution in [3.63, 3.8) is 0 Å². The molecular formula is C24H33N3O2. The molecule has 2 N–H and O–H groups in total. The Hall–Kier alpha value is -2.66. The Morgan fingerprint density at radius 3 is 2.34 bits per heavy atom. The summed E-state index contributed by atoms with van der Waals surface area (Å²) in [6.07, 6.45) is 1.28. The number of rotatable bonds is 9. The van der Waals surface area contributed by atoms with Crippen LogP contribution in [0.4, 0.5) is 0 Å². The highest BCUT2D eigenvalue weighted by molar-refractivity contribution is 5.94. The molecule has 0 aliphatic heterocycles. The zero-order chi connectivity index (χ0) is 21.4. The molecule has 2 atom stereocenters. The standard InChI is InChI=1S/C24H33N3O2/c1-17-13-21(24(29)25-3)12-11-20(17)15-22(27(4)5)16-26-23(28)14-18(2)19-9-7-6-8-10-19/h6-13,18,22H,14-16H2,1-5H3,(H,25,29)(H,26,28)/t18-,22-/m0/s1. The van der Waals surface area contributed by atoms with Crippen LogP contribution in [0.3, 0.4) is 0 Å². The Labute approximate surface area is 174 Å². The Balaban J connectivity index is 1.95. The number of nitrogens with one attached hydrogen (secondary N) is 2. The molecular weight excluding hydrogens is 362 g/mol. The van der Waals surface area contributed by atoms with E-state index in [0.29, 0.717) is 18.5 Å². The van der Waals surface area contributed by atoms with E-state index in [-0.39, 0.29) is 23.8 Å². The minimum Gasteiger partial charge on any atom is -0.355 e. The predicted molar refractivity (Wildman–Crippen MR) is 118 cm³/mol. The molecule has 2 amide bonds. The van der Waals surface area contributed by atoms with Crippen LogP contribution in [0.25, 0.3) is 0 Å². The molecule has 0 radical (unpaired) electrons. The van der Waals surface area contributed by atoms with E-state index in [0.717, 1.165) is 12.0 Å². The highest BCUT2D eigenvalue weighted by Crippen LogP contribution is 2.18. The minimum atomic E-state index is -0.0800. The lowest BCUT2D eigenvalue weighted by Gasteiger charge is -2.26. The molecule has 0 saturated carbocycles. The van der Waals surface area contributed by atoms with E-state index in [9.17, 15) is 9.59 Å². The molecule has 0 spiro atoms. The molecule has 5 heteroatoms. The normalized spacial score (nSPS) is 13.0. The van der Waals surface area contributed by atoms with Crippen LogP contribution in [0.5, 0.6) is 0 Å². The number of amides is 2. The summed E-state index contributed by atoms with van der Waals surface area (Å²) in [5.74, 6) is 0.178. The van der Waals surface area contributed by atoms with E-state index < -0.39 is 0 Å². The summed E-state index contributed by atoms with van der Waals surface area (Å²) < 4.78 is 0. The van der Waals surface area contributed by atoms with Crippen LogP contribution in [0.15, 0.2) is 48.5 Å². The van der Waals surface area contributed by atoms with Crippen molar-refractivity contribution in [1.29, 1.82) is 0 Å². The SMILES string of the molecule is CNC(=O)c1ccc(C[C@@H](CNC(=O)C[C@H](C)c2ccccc2)N(C)C)c(C)c1. The molecule has 29 heavy (non-hydrogen) atoms. The maximum absolute atomic E-state index is 12.5. The number of benzene rings is 2. The van der Waals surface area contributed by atoms with Crippen molar-refractivity contribution in [3.05, 3.63) is 70.8 Å². The number of carbonyl (C=O) groups excluding carboxylic acids is 2. The summed E-state index contributed by atoms with van der Waals surface area (Å²) in [4.78, 5) is 26.4. The van der Waals surface area contributed by atoms with E-state index in [4.69, 9.17) is 0 Å². The molecule has 2 aromatic rings. The van der Waals surface area contributed by atoms with Gasteiger partial charge in [0.25, 0.3) is 5.91 Å². The molecule has 2 aromatic carbocycles. The van der Waals surface area contributed by atoms with Crippen molar-refractivity contribution in [2.75, 3.05) is 27.7 Å². The zero-order valence-corrected chi connectivity index (χ0v) is 18.2. The van der Waals surface area contributed by atoms with E-state index in [2.05, 4.69) is 34.6 Å². The third kappa shape index (κ3) is 6.71. The van der Waals surface area contributed by atoms with Crippen molar-refractivity contribution >= 4 is 11.8 Å². The number of nitrogens with zero attached hydrogens (tertiary/aromatic N) is 1. The van der Waals surface area contributed by atoms with E-state index in [1.807, 2.05) is 57.4 Å². The first-order chi connectivity index (χ1) is 13.8. The maximum Gasteiger partial charge on any atom is 0.251 e. The Morgan fingerprint density at radius 2 is 1.76 bits per heavy atom. The van der Waals surface area contributed by atoms with Crippen LogP contribution in [0, 0.1) is 6.92 Å². The number of hydrogen-bond acceptors (Lipinski definition) is 3. The number of likely N-dealkylation sites (N-methyl/N-ethyl adjacent to an activating group) is 1. The smallest absolute Gasteiger partial charge is 0.251 e.